The number of H-pyrrole nitrogens is 1. The number of nitrogens with zero attached hydrogens (tertiary/aromatic N) is 1. The van der Waals surface area contributed by atoms with Gasteiger partial charge in [0.2, 0.25) is 0 Å². The molecular formula is C30H19Br2Cl2N3O4. The lowest BCUT2D eigenvalue weighted by Crippen LogP contribution is -2.19. The highest BCUT2D eigenvalue weighted by Crippen LogP contribution is 2.39. The molecule has 0 aliphatic carbocycles. The highest BCUT2D eigenvalue weighted by Gasteiger charge is 2.22. The molecule has 0 unspecified atom stereocenters. The summed E-state index contributed by atoms with van der Waals surface area (Å²) in [6.07, 6.45) is 1.38. The minimum atomic E-state index is -0.593. The Bertz CT molecular complexity index is 1840. The summed E-state index contributed by atoms with van der Waals surface area (Å²) >= 11 is 19.8. The number of carbonyl (C=O) groups is 2. The maximum absolute atomic E-state index is 13.4. The summed E-state index contributed by atoms with van der Waals surface area (Å²) in [7, 11) is 1.51. The summed E-state index contributed by atoms with van der Waals surface area (Å²) in [5.41, 5.74) is 5.37. The van der Waals surface area contributed by atoms with Crippen molar-refractivity contribution in [2.75, 3.05) is 7.11 Å². The molecule has 1 aromatic heterocycles. The monoisotopic (exact) mass is 713 g/mol. The van der Waals surface area contributed by atoms with Crippen molar-refractivity contribution in [2.45, 2.75) is 0 Å². The van der Waals surface area contributed by atoms with Gasteiger partial charge in [0.25, 0.3) is 5.91 Å². The predicted molar refractivity (Wildman–Crippen MR) is 169 cm³/mol. The Hall–Kier alpha value is -3.63. The summed E-state index contributed by atoms with van der Waals surface area (Å²) in [5, 5.41) is 5.83. The molecule has 0 aliphatic heterocycles. The average molecular weight is 716 g/mol. The number of benzene rings is 4. The molecule has 0 atom stereocenters. The number of amides is 1. The van der Waals surface area contributed by atoms with Crippen molar-refractivity contribution in [3.63, 3.8) is 0 Å². The summed E-state index contributed by atoms with van der Waals surface area (Å²) in [6, 6.07) is 22.7. The molecule has 41 heavy (non-hydrogen) atoms. The Balaban J connectivity index is 1.45. The Labute approximate surface area is 261 Å². The second-order valence-electron chi connectivity index (χ2n) is 8.64. The van der Waals surface area contributed by atoms with Crippen LogP contribution in [0.25, 0.3) is 22.0 Å². The number of methoxy groups -OCH3 is 1. The number of fused-ring (bicyclic) bond motifs is 1. The van der Waals surface area contributed by atoms with Crippen molar-refractivity contribution in [2.24, 2.45) is 5.10 Å². The van der Waals surface area contributed by atoms with E-state index in [2.05, 4.69) is 47.4 Å². The number of hydrogen-bond acceptors (Lipinski definition) is 5. The Morgan fingerprint density at radius 3 is 2.49 bits per heavy atom. The first-order valence-electron chi connectivity index (χ1n) is 12.0. The zero-order chi connectivity index (χ0) is 29.1. The molecule has 0 spiro atoms. The maximum atomic E-state index is 13.4. The van der Waals surface area contributed by atoms with E-state index in [-0.39, 0.29) is 11.4 Å². The molecular weight excluding hydrogens is 697 g/mol. The van der Waals surface area contributed by atoms with E-state index in [0.717, 1.165) is 5.39 Å². The molecule has 1 heterocycles. The first-order valence-corrected chi connectivity index (χ1v) is 14.3. The van der Waals surface area contributed by atoms with Gasteiger partial charge in [-0.05, 0) is 58.4 Å². The molecule has 0 fully saturated rings. The molecule has 0 radical (unpaired) electrons. The number of ether oxygens (including phenoxy) is 2. The van der Waals surface area contributed by atoms with Gasteiger partial charge in [-0.2, -0.15) is 5.10 Å². The molecule has 2 N–H and O–H groups in total. The number of rotatable bonds is 7. The number of nitrogens with one attached hydrogen (secondary N) is 2. The van der Waals surface area contributed by atoms with Gasteiger partial charge >= 0.3 is 5.97 Å². The molecule has 0 bridgehead atoms. The van der Waals surface area contributed by atoms with Crippen molar-refractivity contribution in [3.05, 3.63) is 115 Å². The van der Waals surface area contributed by atoms with Crippen LogP contribution in [-0.4, -0.2) is 30.2 Å². The zero-order valence-corrected chi connectivity index (χ0v) is 25.9. The van der Waals surface area contributed by atoms with Crippen LogP contribution >= 0.6 is 55.1 Å². The maximum Gasteiger partial charge on any atom is 0.343 e. The number of aromatic nitrogens is 1. The van der Waals surface area contributed by atoms with Crippen LogP contribution in [0.5, 0.6) is 11.5 Å². The molecule has 206 valence electrons. The standard InChI is InChI=1S/C30H19Br2Cl2N3O4/c1-40-19-7-4-6-16(13-19)30(39)41-28-17(12-18(31)14-22(28)32)15-35-37-29(38)27-25(20-8-2-3-10-23(20)33)21-9-5-11-24(34)26(21)36-27/h2-15,36H,1H3,(H,37,38). The first kappa shape index (κ1) is 28.9. The number of carbonyl (C=O) groups excluding carboxylic acids is 2. The van der Waals surface area contributed by atoms with Gasteiger partial charge in [-0.1, -0.05) is 75.5 Å². The van der Waals surface area contributed by atoms with Gasteiger partial charge in [0, 0.05) is 31.6 Å². The van der Waals surface area contributed by atoms with Crippen LogP contribution in [0.1, 0.15) is 26.4 Å². The summed E-state index contributed by atoms with van der Waals surface area (Å²) < 4.78 is 12.1. The molecule has 4 aromatic carbocycles. The third-order valence-electron chi connectivity index (χ3n) is 6.06. The molecule has 1 amide bonds. The second-order valence-corrected chi connectivity index (χ2v) is 11.2. The second kappa shape index (κ2) is 12.5. The van der Waals surface area contributed by atoms with E-state index in [0.29, 0.717) is 52.5 Å². The number of para-hydroxylation sites is 1. The van der Waals surface area contributed by atoms with Gasteiger partial charge in [0.05, 0.1) is 33.9 Å². The summed E-state index contributed by atoms with van der Waals surface area (Å²) in [5.74, 6) is -0.376. The van der Waals surface area contributed by atoms with Crippen molar-refractivity contribution < 1.29 is 19.1 Å². The summed E-state index contributed by atoms with van der Waals surface area (Å²) in [4.78, 5) is 29.4. The lowest BCUT2D eigenvalue weighted by atomic mass is 10.0. The van der Waals surface area contributed by atoms with Crippen molar-refractivity contribution in [3.8, 4) is 22.6 Å². The smallest absolute Gasteiger partial charge is 0.343 e. The van der Waals surface area contributed by atoms with Crippen LogP contribution in [0.3, 0.4) is 0 Å². The molecule has 0 aliphatic rings. The van der Waals surface area contributed by atoms with Gasteiger partial charge in [-0.3, -0.25) is 4.79 Å². The fourth-order valence-corrected chi connectivity index (χ4v) is 5.99. The lowest BCUT2D eigenvalue weighted by Gasteiger charge is -2.11. The van der Waals surface area contributed by atoms with Crippen molar-refractivity contribution >= 4 is 84.1 Å². The first-order chi connectivity index (χ1) is 19.8. The highest BCUT2D eigenvalue weighted by atomic mass is 79.9. The molecule has 11 heteroatoms. The van der Waals surface area contributed by atoms with Gasteiger partial charge in [-0.25, -0.2) is 10.2 Å². The van der Waals surface area contributed by atoms with E-state index in [4.69, 9.17) is 32.7 Å². The van der Waals surface area contributed by atoms with Crippen LogP contribution in [-0.2, 0) is 0 Å². The van der Waals surface area contributed by atoms with E-state index in [9.17, 15) is 9.59 Å². The van der Waals surface area contributed by atoms with E-state index in [1.54, 1.807) is 54.6 Å². The van der Waals surface area contributed by atoms with E-state index < -0.39 is 11.9 Å². The SMILES string of the molecule is COc1cccc(C(=O)Oc2c(Br)cc(Br)cc2C=NNC(=O)c2[nH]c3c(Cl)cccc3c2-c2ccccc2Cl)c1. The van der Waals surface area contributed by atoms with Crippen LogP contribution in [0.2, 0.25) is 10.0 Å². The van der Waals surface area contributed by atoms with Crippen molar-refractivity contribution in [1.82, 2.24) is 10.4 Å². The number of esters is 1. The largest absolute Gasteiger partial charge is 0.497 e. The molecule has 5 rings (SSSR count). The van der Waals surface area contributed by atoms with Crippen LogP contribution < -0.4 is 14.9 Å². The number of halogens is 4. The van der Waals surface area contributed by atoms with Crippen LogP contribution in [0.15, 0.2) is 92.9 Å². The Morgan fingerprint density at radius 2 is 1.71 bits per heavy atom. The van der Waals surface area contributed by atoms with Crippen LogP contribution in [0.4, 0.5) is 0 Å². The van der Waals surface area contributed by atoms with E-state index in [1.165, 1.54) is 13.3 Å². The molecule has 7 nitrogen and oxygen atoms in total. The van der Waals surface area contributed by atoms with E-state index >= 15 is 0 Å². The fraction of sp³-hybridized carbons (Fsp3) is 0.0333. The fourth-order valence-electron chi connectivity index (χ4n) is 4.20. The topological polar surface area (TPSA) is 92.8 Å². The van der Waals surface area contributed by atoms with Crippen LogP contribution in [0, 0.1) is 0 Å². The predicted octanol–water partition coefficient (Wildman–Crippen LogP) is 8.66. The van der Waals surface area contributed by atoms with Gasteiger partial charge in [-0.15, -0.1) is 0 Å². The van der Waals surface area contributed by atoms with Gasteiger partial charge in [0.15, 0.2) is 5.75 Å². The third-order valence-corrected chi connectivity index (χ3v) is 7.75. The van der Waals surface area contributed by atoms with E-state index in [1.807, 2.05) is 24.3 Å². The molecule has 0 saturated carbocycles. The zero-order valence-electron chi connectivity index (χ0n) is 21.2. The van der Waals surface area contributed by atoms with Crippen molar-refractivity contribution in [1.29, 1.82) is 0 Å². The number of hydrogen-bond donors (Lipinski definition) is 2. The molecule has 0 saturated heterocycles. The minimum absolute atomic E-state index is 0.216. The normalized spacial score (nSPS) is 11.1. The average Bonchev–Trinajstić information content (AvgIpc) is 3.36. The molecule has 5 aromatic rings. The lowest BCUT2D eigenvalue weighted by molar-refractivity contribution is 0.0732. The summed E-state index contributed by atoms with van der Waals surface area (Å²) in [6.45, 7) is 0. The Kier molecular flexibility index (Phi) is 8.79. The third kappa shape index (κ3) is 6.18. The van der Waals surface area contributed by atoms with Gasteiger partial charge < -0.3 is 14.5 Å². The highest BCUT2D eigenvalue weighted by molar-refractivity contribution is 9.11. The quantitative estimate of drug-likeness (QED) is 0.0764. The number of aromatic amines is 1. The Morgan fingerprint density at radius 1 is 0.951 bits per heavy atom. The minimum Gasteiger partial charge on any atom is -0.497 e. The van der Waals surface area contributed by atoms with Gasteiger partial charge in [0.1, 0.15) is 11.4 Å². The number of hydrazone groups is 1.